The van der Waals surface area contributed by atoms with E-state index in [1.54, 1.807) is 11.8 Å². The van der Waals surface area contributed by atoms with Crippen LogP contribution in [0.15, 0.2) is 29.2 Å². The number of hydrogen-bond acceptors (Lipinski definition) is 3. The first-order valence-corrected chi connectivity index (χ1v) is 9.46. The third-order valence-corrected chi connectivity index (χ3v) is 5.08. The number of nitrogens with zero attached hydrogens (tertiary/aromatic N) is 1. The predicted octanol–water partition coefficient (Wildman–Crippen LogP) is 3.70. The summed E-state index contributed by atoms with van der Waals surface area (Å²) >= 11 is 1.73. The van der Waals surface area contributed by atoms with E-state index in [0.717, 1.165) is 32.2 Å². The van der Waals surface area contributed by atoms with Gasteiger partial charge in [0, 0.05) is 23.9 Å². The highest BCUT2D eigenvalue weighted by Gasteiger charge is 2.29. The molecule has 0 aromatic heterocycles. The molecule has 4 heteroatoms. The molecule has 0 aliphatic heterocycles. The highest BCUT2D eigenvalue weighted by molar-refractivity contribution is 7.98. The average molecular weight is 321 g/mol. The van der Waals surface area contributed by atoms with Gasteiger partial charge in [0.15, 0.2) is 0 Å². The van der Waals surface area contributed by atoms with Crippen LogP contribution in [0.25, 0.3) is 0 Å². The summed E-state index contributed by atoms with van der Waals surface area (Å²) in [6.45, 7) is 3.57. The Hall–Kier alpha value is -1.00. The Bertz CT molecular complexity index is 474. The van der Waals surface area contributed by atoms with Gasteiger partial charge in [-0.05, 0) is 49.6 Å². The first kappa shape index (κ1) is 17.4. The van der Waals surface area contributed by atoms with E-state index in [0.29, 0.717) is 13.0 Å². The second kappa shape index (κ2) is 8.59. The molecule has 0 bridgehead atoms. The molecule has 3 nitrogen and oxygen atoms in total. The predicted molar refractivity (Wildman–Crippen MR) is 91.9 cm³/mol. The molecule has 0 unspecified atom stereocenters. The Kier molecular flexibility index (Phi) is 6.77. The molecule has 0 saturated heterocycles. The molecule has 1 amide bonds. The maximum Gasteiger partial charge on any atom is 0.226 e. The Morgan fingerprint density at radius 2 is 2.05 bits per heavy atom. The molecular formula is C18H27NO2S. The van der Waals surface area contributed by atoms with E-state index < -0.39 is 0 Å². The smallest absolute Gasteiger partial charge is 0.226 e. The third-order valence-electron chi connectivity index (χ3n) is 4.33. The molecule has 1 aliphatic carbocycles. The molecule has 2 rings (SSSR count). The zero-order valence-corrected chi connectivity index (χ0v) is 14.4. The van der Waals surface area contributed by atoms with Gasteiger partial charge in [-0.3, -0.25) is 4.79 Å². The van der Waals surface area contributed by atoms with Crippen LogP contribution < -0.4 is 0 Å². The minimum absolute atomic E-state index is 0.000713. The lowest BCUT2D eigenvalue weighted by atomic mass is 9.86. The number of benzene rings is 1. The van der Waals surface area contributed by atoms with Gasteiger partial charge in [-0.1, -0.05) is 25.5 Å². The molecule has 1 fully saturated rings. The van der Waals surface area contributed by atoms with Gasteiger partial charge >= 0.3 is 0 Å². The summed E-state index contributed by atoms with van der Waals surface area (Å²) in [4.78, 5) is 16.0. The van der Waals surface area contributed by atoms with Crippen molar-refractivity contribution in [1.29, 1.82) is 0 Å². The van der Waals surface area contributed by atoms with E-state index in [1.165, 1.54) is 10.5 Å². The maximum atomic E-state index is 12.8. The summed E-state index contributed by atoms with van der Waals surface area (Å²) in [7, 11) is 0. The van der Waals surface area contributed by atoms with E-state index >= 15 is 0 Å². The minimum Gasteiger partial charge on any atom is -0.393 e. The minimum atomic E-state index is -0.299. The van der Waals surface area contributed by atoms with Gasteiger partial charge in [-0.15, -0.1) is 11.8 Å². The van der Waals surface area contributed by atoms with Gasteiger partial charge in [0.05, 0.1) is 6.10 Å². The SMILES string of the molecule is CCCN(Cc1ccc(SC)cc1)C(=O)[C@H]1CCC[C@H](O)C1. The fourth-order valence-electron chi connectivity index (χ4n) is 3.13. The molecule has 0 radical (unpaired) electrons. The molecule has 2 atom stereocenters. The van der Waals surface area contributed by atoms with Gasteiger partial charge in [0.1, 0.15) is 0 Å². The maximum absolute atomic E-state index is 12.8. The lowest BCUT2D eigenvalue weighted by molar-refractivity contribution is -0.138. The fourth-order valence-corrected chi connectivity index (χ4v) is 3.54. The van der Waals surface area contributed by atoms with Crippen LogP contribution in [0.4, 0.5) is 0 Å². The molecule has 22 heavy (non-hydrogen) atoms. The van der Waals surface area contributed by atoms with Crippen LogP contribution in [-0.4, -0.2) is 34.8 Å². The number of amides is 1. The number of hydrogen-bond donors (Lipinski definition) is 1. The topological polar surface area (TPSA) is 40.5 Å². The van der Waals surface area contributed by atoms with Crippen molar-refractivity contribution < 1.29 is 9.90 Å². The van der Waals surface area contributed by atoms with E-state index in [-0.39, 0.29) is 17.9 Å². The monoisotopic (exact) mass is 321 g/mol. The van der Waals surface area contributed by atoms with Crippen molar-refractivity contribution in [3.8, 4) is 0 Å². The molecule has 1 saturated carbocycles. The highest BCUT2D eigenvalue weighted by Crippen LogP contribution is 2.27. The summed E-state index contributed by atoms with van der Waals surface area (Å²) in [5.74, 6) is 0.218. The van der Waals surface area contributed by atoms with E-state index in [9.17, 15) is 9.90 Å². The number of carbonyl (C=O) groups excluding carboxylic acids is 1. The lowest BCUT2D eigenvalue weighted by Gasteiger charge is -2.31. The summed E-state index contributed by atoms with van der Waals surface area (Å²) in [6.07, 6.45) is 6.08. The van der Waals surface area contributed by atoms with Crippen molar-refractivity contribution in [1.82, 2.24) is 4.90 Å². The van der Waals surface area contributed by atoms with Crippen LogP contribution in [0.1, 0.15) is 44.6 Å². The Labute approximate surface area is 138 Å². The molecular weight excluding hydrogens is 294 g/mol. The van der Waals surface area contributed by atoms with E-state index in [2.05, 4.69) is 37.4 Å². The summed E-state index contributed by atoms with van der Waals surface area (Å²) < 4.78 is 0. The highest BCUT2D eigenvalue weighted by atomic mass is 32.2. The lowest BCUT2D eigenvalue weighted by Crippen LogP contribution is -2.39. The third kappa shape index (κ3) is 4.75. The van der Waals surface area contributed by atoms with E-state index in [1.807, 2.05) is 4.90 Å². The van der Waals surface area contributed by atoms with Crippen LogP contribution in [0.2, 0.25) is 0 Å². The molecule has 1 aromatic rings. The number of rotatable bonds is 6. The Balaban J connectivity index is 2.02. The number of aliphatic hydroxyl groups excluding tert-OH is 1. The first-order valence-electron chi connectivity index (χ1n) is 8.23. The van der Waals surface area contributed by atoms with Gasteiger partial charge in [0.2, 0.25) is 5.91 Å². The zero-order chi connectivity index (χ0) is 15.9. The first-order chi connectivity index (χ1) is 10.6. The second-order valence-corrected chi connectivity index (χ2v) is 7.00. The molecule has 0 heterocycles. The van der Waals surface area contributed by atoms with Crippen LogP contribution >= 0.6 is 11.8 Å². The standard InChI is InChI=1S/C18H27NO2S/c1-3-11-19(13-14-7-9-17(22-2)10-8-14)18(21)15-5-4-6-16(20)12-15/h7-10,15-16,20H,3-6,11-13H2,1-2H3/t15-,16-/m0/s1. The molecule has 0 spiro atoms. The van der Waals surface area contributed by atoms with Crippen molar-refractivity contribution in [2.75, 3.05) is 12.8 Å². The van der Waals surface area contributed by atoms with Gasteiger partial charge in [-0.2, -0.15) is 0 Å². The molecule has 1 aromatic carbocycles. The second-order valence-electron chi connectivity index (χ2n) is 6.13. The van der Waals surface area contributed by atoms with Gasteiger partial charge in [-0.25, -0.2) is 0 Å². The summed E-state index contributed by atoms with van der Waals surface area (Å²) in [5.41, 5.74) is 1.18. The molecule has 1 aliphatic rings. The zero-order valence-electron chi connectivity index (χ0n) is 13.6. The molecule has 1 N–H and O–H groups in total. The fraction of sp³-hybridized carbons (Fsp3) is 0.611. The number of aliphatic hydroxyl groups is 1. The van der Waals surface area contributed by atoms with Crippen molar-refractivity contribution in [2.24, 2.45) is 5.92 Å². The summed E-state index contributed by atoms with van der Waals surface area (Å²) in [6, 6.07) is 8.44. The Morgan fingerprint density at radius 1 is 1.32 bits per heavy atom. The van der Waals surface area contributed by atoms with Crippen molar-refractivity contribution in [2.45, 2.75) is 56.6 Å². The van der Waals surface area contributed by atoms with E-state index in [4.69, 9.17) is 0 Å². The van der Waals surface area contributed by atoms with Crippen molar-refractivity contribution in [3.05, 3.63) is 29.8 Å². The van der Waals surface area contributed by atoms with Gasteiger partial charge in [0.25, 0.3) is 0 Å². The van der Waals surface area contributed by atoms with Crippen LogP contribution in [0.3, 0.4) is 0 Å². The van der Waals surface area contributed by atoms with Crippen LogP contribution in [0.5, 0.6) is 0 Å². The van der Waals surface area contributed by atoms with Crippen molar-refractivity contribution in [3.63, 3.8) is 0 Å². The van der Waals surface area contributed by atoms with Gasteiger partial charge < -0.3 is 10.0 Å². The quantitative estimate of drug-likeness (QED) is 0.812. The molecule has 122 valence electrons. The van der Waals surface area contributed by atoms with Crippen LogP contribution in [0, 0.1) is 5.92 Å². The number of carbonyl (C=O) groups is 1. The Morgan fingerprint density at radius 3 is 2.64 bits per heavy atom. The normalized spacial score (nSPS) is 21.6. The average Bonchev–Trinajstić information content (AvgIpc) is 2.54. The van der Waals surface area contributed by atoms with Crippen LogP contribution in [-0.2, 0) is 11.3 Å². The summed E-state index contributed by atoms with van der Waals surface area (Å²) in [5, 5.41) is 9.81. The largest absolute Gasteiger partial charge is 0.393 e. The van der Waals surface area contributed by atoms with Crippen molar-refractivity contribution >= 4 is 17.7 Å². The number of thioether (sulfide) groups is 1.